The predicted octanol–water partition coefficient (Wildman–Crippen LogP) is 0.298. The molecule has 0 aromatic heterocycles. The zero-order valence-electron chi connectivity index (χ0n) is 8.82. The molecule has 0 aromatic carbocycles. The summed E-state index contributed by atoms with van der Waals surface area (Å²) in [5.41, 5.74) is 0. The van der Waals surface area contributed by atoms with Crippen LogP contribution in [0.15, 0.2) is 0 Å². The van der Waals surface area contributed by atoms with Gasteiger partial charge in [0, 0.05) is 6.04 Å². The first-order chi connectivity index (χ1) is 6.61. The molecule has 4 nitrogen and oxygen atoms in total. The van der Waals surface area contributed by atoms with Crippen LogP contribution < -0.4 is 5.32 Å². The molecular weight excluding hydrogens is 182 g/mol. The lowest BCUT2D eigenvalue weighted by Crippen LogP contribution is -2.40. The Hall–Kier alpha value is -0.610. The number of carbonyl (C=O) groups is 1. The Balaban J connectivity index is 2.03. The van der Waals surface area contributed by atoms with E-state index in [9.17, 15) is 4.79 Å². The summed E-state index contributed by atoms with van der Waals surface area (Å²) in [6.45, 7) is 2.85. The minimum Gasteiger partial charge on any atom is -0.469 e. The van der Waals surface area contributed by atoms with Crippen molar-refractivity contribution >= 4 is 5.97 Å². The zero-order valence-corrected chi connectivity index (χ0v) is 8.82. The highest BCUT2D eigenvalue weighted by molar-refractivity contribution is 5.69. The van der Waals surface area contributed by atoms with Crippen LogP contribution in [0.2, 0.25) is 0 Å². The van der Waals surface area contributed by atoms with E-state index in [1.54, 1.807) is 0 Å². The van der Waals surface area contributed by atoms with Crippen molar-refractivity contribution in [3.63, 3.8) is 0 Å². The van der Waals surface area contributed by atoms with E-state index in [-0.39, 0.29) is 18.1 Å². The third-order valence-electron chi connectivity index (χ3n) is 2.67. The molecule has 0 bridgehead atoms. The van der Waals surface area contributed by atoms with Crippen LogP contribution in [0.3, 0.4) is 0 Å². The monoisotopic (exact) mass is 201 g/mol. The number of aliphatic hydroxyl groups excluding tert-OH is 1. The third kappa shape index (κ3) is 3.64. The molecule has 1 aliphatic rings. The summed E-state index contributed by atoms with van der Waals surface area (Å²) < 4.78 is 4.57. The minimum atomic E-state index is -0.182. The number of esters is 1. The number of hydrogen-bond acceptors (Lipinski definition) is 4. The lowest BCUT2D eigenvalue weighted by atomic mass is 9.82. The SMILES string of the molecule is COC(=O)CC(C)NCC1CC(O)C1. The van der Waals surface area contributed by atoms with Gasteiger partial charge in [0.1, 0.15) is 0 Å². The molecule has 4 heteroatoms. The first-order valence-electron chi connectivity index (χ1n) is 5.10. The van der Waals surface area contributed by atoms with Crippen LogP contribution in [-0.4, -0.2) is 36.9 Å². The highest BCUT2D eigenvalue weighted by Crippen LogP contribution is 2.26. The van der Waals surface area contributed by atoms with Crippen molar-refractivity contribution < 1.29 is 14.6 Å². The Bertz CT molecular complexity index is 190. The fourth-order valence-electron chi connectivity index (χ4n) is 1.64. The summed E-state index contributed by atoms with van der Waals surface area (Å²) in [6.07, 6.45) is 2.08. The van der Waals surface area contributed by atoms with Gasteiger partial charge in [0.25, 0.3) is 0 Å². The summed E-state index contributed by atoms with van der Waals surface area (Å²) in [4.78, 5) is 10.9. The van der Waals surface area contributed by atoms with Gasteiger partial charge in [0.15, 0.2) is 0 Å². The number of hydrogen-bond donors (Lipinski definition) is 2. The summed E-state index contributed by atoms with van der Waals surface area (Å²) in [5, 5.41) is 12.3. The lowest BCUT2D eigenvalue weighted by Gasteiger charge is -2.32. The topological polar surface area (TPSA) is 58.6 Å². The fraction of sp³-hybridized carbons (Fsp3) is 0.900. The standard InChI is InChI=1S/C10H19NO3/c1-7(3-10(13)14-2)11-6-8-4-9(12)5-8/h7-9,11-12H,3-6H2,1-2H3. The highest BCUT2D eigenvalue weighted by atomic mass is 16.5. The van der Waals surface area contributed by atoms with Gasteiger partial charge in [-0.3, -0.25) is 4.79 Å². The second-order valence-corrected chi connectivity index (χ2v) is 4.08. The van der Waals surface area contributed by atoms with Gasteiger partial charge in [-0.2, -0.15) is 0 Å². The molecule has 1 rings (SSSR count). The second kappa shape index (κ2) is 5.32. The Morgan fingerprint density at radius 3 is 2.79 bits per heavy atom. The Morgan fingerprint density at radius 2 is 2.29 bits per heavy atom. The summed E-state index contributed by atoms with van der Waals surface area (Å²) in [7, 11) is 1.40. The van der Waals surface area contributed by atoms with Gasteiger partial charge in [-0.25, -0.2) is 0 Å². The summed E-state index contributed by atoms with van der Waals surface area (Å²) >= 11 is 0. The van der Waals surface area contributed by atoms with E-state index >= 15 is 0 Å². The van der Waals surface area contributed by atoms with Gasteiger partial charge in [-0.1, -0.05) is 0 Å². The average Bonchev–Trinajstić information content (AvgIpc) is 2.10. The molecule has 1 unspecified atom stereocenters. The van der Waals surface area contributed by atoms with Crippen molar-refractivity contribution in [2.45, 2.75) is 38.3 Å². The Labute approximate surface area is 84.6 Å². The number of carbonyl (C=O) groups excluding carboxylic acids is 1. The van der Waals surface area contributed by atoms with Gasteiger partial charge in [0.2, 0.25) is 0 Å². The lowest BCUT2D eigenvalue weighted by molar-refractivity contribution is -0.141. The van der Waals surface area contributed by atoms with Gasteiger partial charge < -0.3 is 15.2 Å². The summed E-state index contributed by atoms with van der Waals surface area (Å²) in [5.74, 6) is 0.392. The smallest absolute Gasteiger partial charge is 0.307 e. The fourth-order valence-corrected chi connectivity index (χ4v) is 1.64. The van der Waals surface area contributed by atoms with Gasteiger partial charge in [-0.15, -0.1) is 0 Å². The number of rotatable bonds is 5. The maximum atomic E-state index is 10.9. The molecule has 0 saturated heterocycles. The molecule has 14 heavy (non-hydrogen) atoms. The van der Waals surface area contributed by atoms with Crippen molar-refractivity contribution in [3.8, 4) is 0 Å². The molecule has 0 amide bonds. The molecule has 82 valence electrons. The molecule has 0 aliphatic heterocycles. The number of nitrogens with one attached hydrogen (secondary N) is 1. The van der Waals surface area contributed by atoms with Gasteiger partial charge >= 0.3 is 5.97 Å². The second-order valence-electron chi connectivity index (χ2n) is 4.08. The van der Waals surface area contributed by atoms with Crippen molar-refractivity contribution in [2.24, 2.45) is 5.92 Å². The van der Waals surface area contributed by atoms with Crippen molar-refractivity contribution in [1.29, 1.82) is 0 Å². The average molecular weight is 201 g/mol. The van der Waals surface area contributed by atoms with Crippen LogP contribution in [0.25, 0.3) is 0 Å². The number of aliphatic hydroxyl groups is 1. The molecule has 1 saturated carbocycles. The van der Waals surface area contributed by atoms with Crippen LogP contribution in [0.4, 0.5) is 0 Å². The van der Waals surface area contributed by atoms with Crippen LogP contribution in [-0.2, 0) is 9.53 Å². The van der Waals surface area contributed by atoms with E-state index in [0.717, 1.165) is 19.4 Å². The maximum Gasteiger partial charge on any atom is 0.307 e. The first-order valence-corrected chi connectivity index (χ1v) is 5.10. The molecule has 0 spiro atoms. The van der Waals surface area contributed by atoms with Crippen molar-refractivity contribution in [3.05, 3.63) is 0 Å². The van der Waals surface area contributed by atoms with Crippen LogP contribution in [0, 0.1) is 5.92 Å². The maximum absolute atomic E-state index is 10.9. The van der Waals surface area contributed by atoms with Crippen molar-refractivity contribution in [1.82, 2.24) is 5.32 Å². The van der Waals surface area contributed by atoms with E-state index in [1.807, 2.05) is 6.92 Å². The van der Waals surface area contributed by atoms with E-state index in [2.05, 4.69) is 10.1 Å². The van der Waals surface area contributed by atoms with Gasteiger partial charge in [0.05, 0.1) is 19.6 Å². The van der Waals surface area contributed by atoms with E-state index in [1.165, 1.54) is 7.11 Å². The molecule has 0 aromatic rings. The van der Waals surface area contributed by atoms with Crippen LogP contribution in [0.1, 0.15) is 26.2 Å². The number of ether oxygens (including phenoxy) is 1. The quantitative estimate of drug-likeness (QED) is 0.628. The van der Waals surface area contributed by atoms with E-state index < -0.39 is 0 Å². The summed E-state index contributed by atoms with van der Waals surface area (Å²) in [6, 6.07) is 0.153. The van der Waals surface area contributed by atoms with Crippen LogP contribution in [0.5, 0.6) is 0 Å². The molecule has 1 atom stereocenters. The van der Waals surface area contributed by atoms with E-state index in [0.29, 0.717) is 12.3 Å². The molecule has 2 N–H and O–H groups in total. The largest absolute Gasteiger partial charge is 0.469 e. The van der Waals surface area contributed by atoms with Gasteiger partial charge in [-0.05, 0) is 32.2 Å². The highest BCUT2D eigenvalue weighted by Gasteiger charge is 2.27. The minimum absolute atomic E-state index is 0.0993. The Morgan fingerprint density at radius 1 is 1.64 bits per heavy atom. The predicted molar refractivity (Wildman–Crippen MR) is 52.8 cm³/mol. The zero-order chi connectivity index (χ0) is 10.6. The molecule has 0 heterocycles. The Kier molecular flexibility index (Phi) is 4.35. The van der Waals surface area contributed by atoms with Crippen molar-refractivity contribution in [2.75, 3.05) is 13.7 Å². The molecule has 1 aliphatic carbocycles. The normalized spacial score (nSPS) is 27.9. The first kappa shape index (κ1) is 11.5. The number of methoxy groups -OCH3 is 1. The van der Waals surface area contributed by atoms with Crippen LogP contribution >= 0.6 is 0 Å². The third-order valence-corrected chi connectivity index (χ3v) is 2.67. The molecular formula is C10H19NO3. The molecule has 0 radical (unpaired) electrons. The van der Waals surface area contributed by atoms with E-state index in [4.69, 9.17) is 5.11 Å². The molecule has 1 fully saturated rings.